The first kappa shape index (κ1) is 13.5. The number of aromatic nitrogens is 3. The summed E-state index contributed by atoms with van der Waals surface area (Å²) in [5.74, 6) is 1.48. The number of anilines is 1. The van der Waals surface area contributed by atoms with Gasteiger partial charge in [-0.15, -0.1) is 5.10 Å². The van der Waals surface area contributed by atoms with Crippen molar-refractivity contribution in [3.63, 3.8) is 0 Å². The molecule has 0 radical (unpaired) electrons. The molecule has 0 N–H and O–H groups in total. The summed E-state index contributed by atoms with van der Waals surface area (Å²) >= 11 is 0. The topological polar surface area (TPSA) is 77.1 Å². The van der Waals surface area contributed by atoms with Gasteiger partial charge >= 0.3 is 0 Å². The summed E-state index contributed by atoms with van der Waals surface area (Å²) < 4.78 is 1.65. The van der Waals surface area contributed by atoms with E-state index in [4.69, 9.17) is 0 Å². The van der Waals surface area contributed by atoms with E-state index in [2.05, 4.69) is 21.9 Å². The highest BCUT2D eigenvalue weighted by Gasteiger charge is 2.19. The standard InChI is InChI=1S/C14H17N5O2/c1-11-6-8-17(9-7-11)14-15-10-18(16-14)12-2-4-13(5-3-12)19(20)21/h2-5,10-11H,6-9H2,1H3. The van der Waals surface area contributed by atoms with E-state index in [9.17, 15) is 10.1 Å². The van der Waals surface area contributed by atoms with Crippen LogP contribution in [0.1, 0.15) is 19.8 Å². The first-order valence-corrected chi connectivity index (χ1v) is 7.05. The Balaban J connectivity index is 1.76. The lowest BCUT2D eigenvalue weighted by Crippen LogP contribution is -2.33. The summed E-state index contributed by atoms with van der Waals surface area (Å²) in [5.41, 5.74) is 0.842. The van der Waals surface area contributed by atoms with Gasteiger partial charge in [-0.1, -0.05) is 6.92 Å². The van der Waals surface area contributed by atoms with Gasteiger partial charge in [-0.3, -0.25) is 10.1 Å². The lowest BCUT2D eigenvalue weighted by molar-refractivity contribution is -0.384. The number of nitro benzene ring substituents is 1. The minimum Gasteiger partial charge on any atom is -0.340 e. The van der Waals surface area contributed by atoms with E-state index in [-0.39, 0.29) is 5.69 Å². The van der Waals surface area contributed by atoms with Crippen molar-refractivity contribution in [2.24, 2.45) is 5.92 Å². The smallest absolute Gasteiger partial charge is 0.269 e. The fraction of sp³-hybridized carbons (Fsp3) is 0.429. The lowest BCUT2D eigenvalue weighted by Gasteiger charge is -2.29. The van der Waals surface area contributed by atoms with Crippen molar-refractivity contribution in [2.75, 3.05) is 18.0 Å². The van der Waals surface area contributed by atoms with E-state index in [1.165, 1.54) is 12.1 Å². The normalized spacial score (nSPS) is 16.1. The Bertz CT molecular complexity index is 629. The number of nitrogens with zero attached hydrogens (tertiary/aromatic N) is 5. The van der Waals surface area contributed by atoms with Crippen LogP contribution in [0.5, 0.6) is 0 Å². The molecule has 2 heterocycles. The molecule has 3 rings (SSSR count). The molecule has 2 aromatic rings. The number of hydrogen-bond acceptors (Lipinski definition) is 5. The molecule has 1 aliphatic rings. The van der Waals surface area contributed by atoms with Crippen LogP contribution in [0.3, 0.4) is 0 Å². The molecule has 1 saturated heterocycles. The van der Waals surface area contributed by atoms with Gasteiger partial charge in [0.1, 0.15) is 6.33 Å². The van der Waals surface area contributed by atoms with Crippen molar-refractivity contribution >= 4 is 11.6 Å². The van der Waals surface area contributed by atoms with E-state index in [0.717, 1.165) is 43.5 Å². The van der Waals surface area contributed by atoms with Crippen LogP contribution in [0.15, 0.2) is 30.6 Å². The Kier molecular flexibility index (Phi) is 3.55. The molecule has 7 heteroatoms. The van der Waals surface area contributed by atoms with Crippen molar-refractivity contribution < 1.29 is 4.92 Å². The minimum absolute atomic E-state index is 0.0732. The summed E-state index contributed by atoms with van der Waals surface area (Å²) in [5, 5.41) is 15.1. The number of non-ortho nitro benzene ring substituents is 1. The van der Waals surface area contributed by atoms with Crippen molar-refractivity contribution in [1.82, 2.24) is 14.8 Å². The maximum absolute atomic E-state index is 10.6. The fourth-order valence-corrected chi connectivity index (χ4v) is 2.46. The minimum atomic E-state index is -0.411. The van der Waals surface area contributed by atoms with Crippen LogP contribution < -0.4 is 4.90 Å². The van der Waals surface area contributed by atoms with Gasteiger partial charge in [0.25, 0.3) is 5.69 Å². The summed E-state index contributed by atoms with van der Waals surface area (Å²) in [6.07, 6.45) is 3.96. The highest BCUT2D eigenvalue weighted by Crippen LogP contribution is 2.21. The SMILES string of the molecule is CC1CCN(c2ncn(-c3ccc([N+](=O)[O-])cc3)n2)CC1. The molecule has 1 fully saturated rings. The second kappa shape index (κ2) is 5.51. The number of rotatable bonds is 3. The Labute approximate surface area is 122 Å². The highest BCUT2D eigenvalue weighted by molar-refractivity contribution is 5.41. The molecule has 1 aliphatic heterocycles. The van der Waals surface area contributed by atoms with Gasteiger partial charge in [0.15, 0.2) is 0 Å². The molecule has 1 aromatic heterocycles. The molecule has 21 heavy (non-hydrogen) atoms. The molecule has 0 saturated carbocycles. The number of hydrogen-bond donors (Lipinski definition) is 0. The highest BCUT2D eigenvalue weighted by atomic mass is 16.6. The quantitative estimate of drug-likeness (QED) is 0.640. The van der Waals surface area contributed by atoms with E-state index >= 15 is 0 Å². The van der Waals surface area contributed by atoms with Gasteiger partial charge in [-0.25, -0.2) is 4.68 Å². The summed E-state index contributed by atoms with van der Waals surface area (Å²) in [6.45, 7) is 4.22. The van der Waals surface area contributed by atoms with Crippen LogP contribution in [0.4, 0.5) is 11.6 Å². The average Bonchev–Trinajstić information content (AvgIpc) is 2.98. The zero-order valence-electron chi connectivity index (χ0n) is 11.8. The molecule has 0 atom stereocenters. The fourth-order valence-electron chi connectivity index (χ4n) is 2.46. The van der Waals surface area contributed by atoms with Crippen LogP contribution in [-0.2, 0) is 0 Å². The Morgan fingerprint density at radius 1 is 1.24 bits per heavy atom. The monoisotopic (exact) mass is 287 g/mol. The Morgan fingerprint density at radius 2 is 1.90 bits per heavy atom. The third-order valence-electron chi connectivity index (χ3n) is 3.87. The van der Waals surface area contributed by atoms with Crippen molar-refractivity contribution in [3.8, 4) is 5.69 Å². The molecule has 0 spiro atoms. The molecular formula is C14H17N5O2. The van der Waals surface area contributed by atoms with E-state index in [1.54, 1.807) is 23.1 Å². The van der Waals surface area contributed by atoms with E-state index < -0.39 is 4.92 Å². The zero-order valence-corrected chi connectivity index (χ0v) is 11.8. The summed E-state index contributed by atoms with van der Waals surface area (Å²) in [4.78, 5) is 16.8. The summed E-state index contributed by atoms with van der Waals surface area (Å²) in [6, 6.07) is 6.29. The van der Waals surface area contributed by atoms with Crippen molar-refractivity contribution in [3.05, 3.63) is 40.7 Å². The van der Waals surface area contributed by atoms with Gasteiger partial charge in [0.2, 0.25) is 5.95 Å². The van der Waals surface area contributed by atoms with Crippen molar-refractivity contribution in [1.29, 1.82) is 0 Å². The molecule has 7 nitrogen and oxygen atoms in total. The zero-order chi connectivity index (χ0) is 14.8. The van der Waals surface area contributed by atoms with Crippen LogP contribution >= 0.6 is 0 Å². The van der Waals surface area contributed by atoms with Gasteiger partial charge < -0.3 is 4.90 Å². The maximum Gasteiger partial charge on any atom is 0.269 e. The Hall–Kier alpha value is -2.44. The molecule has 110 valence electrons. The van der Waals surface area contributed by atoms with Crippen LogP contribution in [0.2, 0.25) is 0 Å². The predicted octanol–water partition coefficient (Wildman–Crippen LogP) is 2.41. The van der Waals surface area contributed by atoms with Crippen molar-refractivity contribution in [2.45, 2.75) is 19.8 Å². The van der Waals surface area contributed by atoms with Crippen LogP contribution in [0, 0.1) is 16.0 Å². The second-order valence-electron chi connectivity index (χ2n) is 5.43. The first-order valence-electron chi connectivity index (χ1n) is 7.05. The Morgan fingerprint density at radius 3 is 2.52 bits per heavy atom. The third kappa shape index (κ3) is 2.86. The first-order chi connectivity index (χ1) is 10.1. The number of benzene rings is 1. The van der Waals surface area contributed by atoms with Crippen LogP contribution in [-0.4, -0.2) is 32.8 Å². The second-order valence-corrected chi connectivity index (χ2v) is 5.43. The molecule has 1 aromatic carbocycles. The van der Waals surface area contributed by atoms with Crippen LogP contribution in [0.25, 0.3) is 5.69 Å². The number of piperidine rings is 1. The third-order valence-corrected chi connectivity index (χ3v) is 3.87. The average molecular weight is 287 g/mol. The largest absolute Gasteiger partial charge is 0.340 e. The molecule has 0 amide bonds. The van der Waals surface area contributed by atoms with Gasteiger partial charge in [0, 0.05) is 25.2 Å². The molecule has 0 aliphatic carbocycles. The molecular weight excluding hydrogens is 270 g/mol. The number of nitro groups is 1. The van der Waals surface area contributed by atoms with Gasteiger partial charge in [-0.2, -0.15) is 4.98 Å². The lowest BCUT2D eigenvalue weighted by atomic mass is 10.00. The maximum atomic E-state index is 10.6. The summed E-state index contributed by atoms with van der Waals surface area (Å²) in [7, 11) is 0. The van der Waals surface area contributed by atoms with E-state index in [1.807, 2.05) is 0 Å². The van der Waals surface area contributed by atoms with Gasteiger partial charge in [-0.05, 0) is 30.9 Å². The predicted molar refractivity (Wildman–Crippen MR) is 78.6 cm³/mol. The molecule has 0 bridgehead atoms. The van der Waals surface area contributed by atoms with E-state index in [0.29, 0.717) is 0 Å². The molecule has 0 unspecified atom stereocenters. The van der Waals surface area contributed by atoms with Gasteiger partial charge in [0.05, 0.1) is 10.6 Å².